The Morgan fingerprint density at radius 2 is 1.67 bits per heavy atom. The van der Waals surface area contributed by atoms with Crippen molar-refractivity contribution in [3.05, 3.63) is 65.7 Å². The van der Waals surface area contributed by atoms with Gasteiger partial charge in [0, 0.05) is 23.7 Å². The Kier molecular flexibility index (Phi) is 6.73. The number of carbonyl (C=O) groups excluding carboxylic acids is 1. The molecule has 24 heavy (non-hydrogen) atoms. The van der Waals surface area contributed by atoms with Crippen molar-refractivity contribution < 1.29 is 4.79 Å². The van der Waals surface area contributed by atoms with Crippen LogP contribution in [0.2, 0.25) is 0 Å². The van der Waals surface area contributed by atoms with Gasteiger partial charge in [-0.25, -0.2) is 4.79 Å². The molecule has 0 unspecified atom stereocenters. The number of hydrogen-bond donors (Lipinski definition) is 2. The van der Waals surface area contributed by atoms with Crippen LogP contribution >= 0.6 is 11.8 Å². The first-order valence-electron chi connectivity index (χ1n) is 8.22. The first-order chi connectivity index (χ1) is 11.4. The maximum atomic E-state index is 11.9. The zero-order chi connectivity index (χ0) is 17.4. The summed E-state index contributed by atoms with van der Waals surface area (Å²) in [6.45, 7) is 7.18. The molecule has 0 saturated carbocycles. The molecule has 2 aromatic rings. The molecule has 0 atom stereocenters. The lowest BCUT2D eigenvalue weighted by atomic mass is 9.87. The lowest BCUT2D eigenvalue weighted by Gasteiger charge is -2.19. The van der Waals surface area contributed by atoms with E-state index in [1.54, 1.807) is 0 Å². The van der Waals surface area contributed by atoms with E-state index in [-0.39, 0.29) is 11.4 Å². The Hall–Kier alpha value is -1.94. The predicted octanol–water partition coefficient (Wildman–Crippen LogP) is 5.04. The zero-order valence-electron chi connectivity index (χ0n) is 14.6. The summed E-state index contributed by atoms with van der Waals surface area (Å²) in [5, 5.41) is 5.76. The fourth-order valence-corrected chi connectivity index (χ4v) is 3.05. The summed E-state index contributed by atoms with van der Waals surface area (Å²) in [5.74, 6) is 1.86. The minimum atomic E-state index is -0.154. The Bertz CT molecular complexity index is 633. The van der Waals surface area contributed by atoms with Gasteiger partial charge in [0.1, 0.15) is 0 Å². The Morgan fingerprint density at radius 3 is 2.29 bits per heavy atom. The van der Waals surface area contributed by atoms with E-state index in [4.69, 9.17) is 0 Å². The SMILES string of the molecule is CC(C)(C)c1ccc(NC(=O)NCCSCc2ccccc2)cc1. The largest absolute Gasteiger partial charge is 0.337 e. The van der Waals surface area contributed by atoms with Gasteiger partial charge in [-0.3, -0.25) is 0 Å². The van der Waals surface area contributed by atoms with Crippen molar-refractivity contribution in [1.82, 2.24) is 5.32 Å². The Balaban J connectivity index is 1.66. The molecular formula is C20H26N2OS. The third-order valence-corrected chi connectivity index (χ3v) is 4.68. The molecule has 0 saturated heterocycles. The predicted molar refractivity (Wildman–Crippen MR) is 105 cm³/mol. The van der Waals surface area contributed by atoms with Crippen LogP contribution in [0.25, 0.3) is 0 Å². The summed E-state index contributed by atoms with van der Waals surface area (Å²) >= 11 is 1.82. The maximum absolute atomic E-state index is 11.9. The van der Waals surface area contributed by atoms with Gasteiger partial charge in [-0.15, -0.1) is 0 Å². The van der Waals surface area contributed by atoms with Gasteiger partial charge in [-0.1, -0.05) is 63.2 Å². The van der Waals surface area contributed by atoms with Crippen LogP contribution in [0, 0.1) is 0 Å². The highest BCUT2D eigenvalue weighted by Gasteiger charge is 2.13. The van der Waals surface area contributed by atoms with Crippen molar-refractivity contribution in [1.29, 1.82) is 0 Å². The second kappa shape index (κ2) is 8.78. The molecule has 0 aliphatic rings. The molecule has 4 heteroatoms. The fourth-order valence-electron chi connectivity index (χ4n) is 2.23. The van der Waals surface area contributed by atoms with E-state index in [2.05, 4.69) is 55.7 Å². The van der Waals surface area contributed by atoms with Crippen LogP contribution in [0.1, 0.15) is 31.9 Å². The smallest absolute Gasteiger partial charge is 0.319 e. The van der Waals surface area contributed by atoms with Gasteiger partial charge in [0.15, 0.2) is 0 Å². The van der Waals surface area contributed by atoms with Crippen LogP contribution in [0.15, 0.2) is 54.6 Å². The molecule has 2 aromatic carbocycles. The first kappa shape index (κ1) is 18.4. The Morgan fingerprint density at radius 1 is 1.00 bits per heavy atom. The van der Waals surface area contributed by atoms with E-state index in [1.807, 2.05) is 42.1 Å². The summed E-state index contributed by atoms with van der Waals surface area (Å²) < 4.78 is 0. The van der Waals surface area contributed by atoms with Crippen molar-refractivity contribution in [2.75, 3.05) is 17.6 Å². The average Bonchev–Trinajstić information content (AvgIpc) is 2.55. The number of anilines is 1. The van der Waals surface area contributed by atoms with E-state index in [9.17, 15) is 4.79 Å². The number of nitrogens with one attached hydrogen (secondary N) is 2. The monoisotopic (exact) mass is 342 g/mol. The normalized spacial score (nSPS) is 11.1. The highest BCUT2D eigenvalue weighted by molar-refractivity contribution is 7.98. The lowest BCUT2D eigenvalue weighted by molar-refractivity contribution is 0.252. The molecule has 0 spiro atoms. The molecule has 2 amide bonds. The van der Waals surface area contributed by atoms with Crippen LogP contribution in [-0.2, 0) is 11.2 Å². The van der Waals surface area contributed by atoms with Crippen molar-refractivity contribution in [2.24, 2.45) is 0 Å². The quantitative estimate of drug-likeness (QED) is 0.722. The van der Waals surface area contributed by atoms with Gasteiger partial charge >= 0.3 is 6.03 Å². The minimum Gasteiger partial charge on any atom is -0.337 e. The molecular weight excluding hydrogens is 316 g/mol. The number of rotatable bonds is 6. The van der Waals surface area contributed by atoms with Crippen LogP contribution in [-0.4, -0.2) is 18.3 Å². The van der Waals surface area contributed by atoms with Gasteiger partial charge in [0.05, 0.1) is 0 Å². The van der Waals surface area contributed by atoms with Gasteiger partial charge in [0.2, 0.25) is 0 Å². The van der Waals surface area contributed by atoms with E-state index in [1.165, 1.54) is 11.1 Å². The van der Waals surface area contributed by atoms with Gasteiger partial charge in [0.25, 0.3) is 0 Å². The number of benzene rings is 2. The number of thioether (sulfide) groups is 1. The first-order valence-corrected chi connectivity index (χ1v) is 9.38. The van der Waals surface area contributed by atoms with Gasteiger partial charge < -0.3 is 10.6 Å². The number of amides is 2. The Labute approximate surface area is 149 Å². The van der Waals surface area contributed by atoms with Crippen LogP contribution in [0.3, 0.4) is 0 Å². The summed E-state index contributed by atoms with van der Waals surface area (Å²) in [7, 11) is 0. The number of carbonyl (C=O) groups is 1. The topological polar surface area (TPSA) is 41.1 Å². The summed E-state index contributed by atoms with van der Waals surface area (Å²) in [6.07, 6.45) is 0. The molecule has 2 N–H and O–H groups in total. The summed E-state index contributed by atoms with van der Waals surface area (Å²) in [4.78, 5) is 11.9. The van der Waals surface area contributed by atoms with Crippen LogP contribution in [0.5, 0.6) is 0 Å². The molecule has 0 aliphatic carbocycles. The van der Waals surface area contributed by atoms with Crippen molar-refractivity contribution in [3.8, 4) is 0 Å². The fraction of sp³-hybridized carbons (Fsp3) is 0.350. The second-order valence-electron chi connectivity index (χ2n) is 6.75. The zero-order valence-corrected chi connectivity index (χ0v) is 15.5. The maximum Gasteiger partial charge on any atom is 0.319 e. The van der Waals surface area contributed by atoms with Crippen LogP contribution in [0.4, 0.5) is 10.5 Å². The number of hydrogen-bond acceptors (Lipinski definition) is 2. The standard InChI is InChI=1S/C20H26N2OS/c1-20(2,3)17-9-11-18(12-10-17)22-19(23)21-13-14-24-15-16-7-5-4-6-8-16/h4-12H,13-15H2,1-3H3,(H2,21,22,23). The molecule has 128 valence electrons. The summed E-state index contributed by atoms with van der Waals surface area (Å²) in [6, 6.07) is 18.2. The van der Waals surface area contributed by atoms with Gasteiger partial charge in [-0.2, -0.15) is 11.8 Å². The van der Waals surface area contributed by atoms with Crippen molar-refractivity contribution in [2.45, 2.75) is 31.9 Å². The summed E-state index contributed by atoms with van der Waals surface area (Å²) in [5.41, 5.74) is 3.51. The van der Waals surface area contributed by atoms with Crippen molar-refractivity contribution >= 4 is 23.5 Å². The van der Waals surface area contributed by atoms with E-state index < -0.39 is 0 Å². The molecule has 0 fully saturated rings. The van der Waals surface area contributed by atoms with E-state index in [0.717, 1.165) is 17.2 Å². The third-order valence-electron chi connectivity index (χ3n) is 3.65. The number of urea groups is 1. The minimum absolute atomic E-state index is 0.122. The van der Waals surface area contributed by atoms with Crippen LogP contribution < -0.4 is 10.6 Å². The molecule has 0 aliphatic heterocycles. The van der Waals surface area contributed by atoms with Gasteiger partial charge in [-0.05, 0) is 28.7 Å². The molecule has 0 bridgehead atoms. The van der Waals surface area contributed by atoms with E-state index in [0.29, 0.717) is 6.54 Å². The van der Waals surface area contributed by atoms with Crippen molar-refractivity contribution in [3.63, 3.8) is 0 Å². The average molecular weight is 343 g/mol. The lowest BCUT2D eigenvalue weighted by Crippen LogP contribution is -2.30. The highest BCUT2D eigenvalue weighted by atomic mass is 32.2. The van der Waals surface area contributed by atoms with E-state index >= 15 is 0 Å². The second-order valence-corrected chi connectivity index (χ2v) is 7.85. The third kappa shape index (κ3) is 6.28. The molecule has 2 rings (SSSR count). The molecule has 0 aromatic heterocycles. The highest BCUT2D eigenvalue weighted by Crippen LogP contribution is 2.23. The molecule has 3 nitrogen and oxygen atoms in total. The molecule has 0 radical (unpaired) electrons. The molecule has 0 heterocycles.